The van der Waals surface area contributed by atoms with Gasteiger partial charge >= 0.3 is 0 Å². The second-order valence-electron chi connectivity index (χ2n) is 30.1. The lowest BCUT2D eigenvalue weighted by atomic mass is 10.1. The van der Waals surface area contributed by atoms with Gasteiger partial charge in [0.1, 0.15) is 47.8 Å². The highest BCUT2D eigenvalue weighted by atomic mass is 32.1. The van der Waals surface area contributed by atoms with Gasteiger partial charge in [0.05, 0.1) is 70.6 Å². The zero-order valence-electron chi connectivity index (χ0n) is 68.3. The van der Waals surface area contributed by atoms with Crippen LogP contribution in [0.3, 0.4) is 0 Å². The van der Waals surface area contributed by atoms with Crippen LogP contribution < -0.4 is 21.3 Å². The maximum atomic E-state index is 13.6. The molecule has 4 fully saturated rings. The van der Waals surface area contributed by atoms with Crippen molar-refractivity contribution in [2.45, 2.75) is 112 Å². The number of aryl methyl sites for hydroxylation is 4. The molecule has 4 aliphatic heterocycles. The quantitative estimate of drug-likeness (QED) is 0.0262. The summed E-state index contributed by atoms with van der Waals surface area (Å²) < 4.78 is 72.9. The van der Waals surface area contributed by atoms with Gasteiger partial charge in [0, 0.05) is 97.4 Å². The molecular formula is C84H96F4N20O8S4. The lowest BCUT2D eigenvalue weighted by Gasteiger charge is -2.26. The molecule has 0 saturated carbocycles. The van der Waals surface area contributed by atoms with Crippen molar-refractivity contribution in [2.24, 2.45) is 17.8 Å². The number of nitrogens with one attached hydrogen (secondary N) is 4. The molecule has 4 aliphatic rings. The van der Waals surface area contributed by atoms with Gasteiger partial charge in [0.2, 0.25) is 23.8 Å². The Morgan fingerprint density at radius 2 is 0.742 bits per heavy atom. The molecule has 28 nitrogen and oxygen atoms in total. The van der Waals surface area contributed by atoms with Gasteiger partial charge in [0.25, 0.3) is 17.7 Å². The Morgan fingerprint density at radius 3 is 1.04 bits per heavy atom. The molecule has 5 N–H and O–H groups in total. The smallest absolute Gasteiger partial charge is 0.274 e. The fourth-order valence-corrected chi connectivity index (χ4v) is 18.0. The van der Waals surface area contributed by atoms with Crippen molar-refractivity contribution in [1.29, 1.82) is 0 Å². The van der Waals surface area contributed by atoms with Gasteiger partial charge in [-0.3, -0.25) is 24.1 Å². The number of anilines is 4. The molecule has 0 aliphatic carbocycles. The zero-order chi connectivity index (χ0) is 84.8. The van der Waals surface area contributed by atoms with E-state index in [2.05, 4.69) is 86.0 Å². The van der Waals surface area contributed by atoms with Gasteiger partial charge in [-0.25, -0.2) is 57.4 Å². The number of amides is 3. The number of methoxy groups -OCH3 is 2. The number of ketones is 1. The SMILES string of the molecule is COC[C@@H]1CCN(C(=O)c2nc(N[C@@H](C)c3cccc(F)c3)nc3nc(C)sc23)C1.COC[C@H]1CCN(C(=O)c2nc(N[C@@H](C)c3cccc(F)c3)nc3nc(C)sc23)C1.Cc1nc2nc(N[C@@H](C)c3cccc(F)c3)nc(C(=O)CCCN3CCOCC3)c2s1.Cc1nc2nc(N[C@@H](C)c3cccc(F)c3)nc(C(=O)N3CC[C@@H](CO)C3)c2s1. The Bertz CT molecular complexity index is 5450. The first-order valence-corrected chi connectivity index (χ1v) is 43.1. The summed E-state index contributed by atoms with van der Waals surface area (Å²) in [4.78, 5) is 114. The van der Waals surface area contributed by atoms with Crippen LogP contribution in [0.15, 0.2) is 97.1 Å². The number of hydrogen-bond donors (Lipinski definition) is 5. The van der Waals surface area contributed by atoms with E-state index in [1.54, 1.807) is 43.4 Å². The Labute approximate surface area is 707 Å². The largest absolute Gasteiger partial charge is 0.396 e. The van der Waals surface area contributed by atoms with Crippen LogP contribution >= 0.6 is 45.3 Å². The third-order valence-corrected chi connectivity index (χ3v) is 24.7. The number of halogens is 4. The van der Waals surface area contributed by atoms with E-state index >= 15 is 0 Å². The standard InChI is InChI=1S/C22H26FN5O2S.2C21H24FN5O2S.C20H22FN5O2S/c1-14(16-5-3-6-17(23)13-16)24-22-26-19(20-21(27-22)25-15(2)31-20)18(29)7-4-8-28-9-11-30-12-10-28;2*1-12(15-5-4-6-16(22)9-15)23-21-25-17(18-19(26-21)24-13(2)30-18)20(28)27-8-7-14(10-27)11-29-3;1-11(14-4-3-5-15(21)8-14)22-20-24-16(17-18(25-20)23-12(2)29-17)19(28)26-7-6-13(9-26)10-27/h3,5-6,13-14H,4,7-12H2,1-2H3,(H,24,26,27);2*4-6,9,12,14H,7-8,10-11H2,1-3H3,(H,23,25,26);3-5,8,11,13,27H,6-7,9-10H2,1-2H3,(H,22,24,25)/t14-;12-,14+;12-,14-;11-,13+/m0000/s1. The Balaban J connectivity index is 0.000000138. The van der Waals surface area contributed by atoms with Crippen LogP contribution in [0.5, 0.6) is 0 Å². The Hall–Kier alpha value is -10.4. The van der Waals surface area contributed by atoms with Crippen molar-refractivity contribution < 1.29 is 56.1 Å². The van der Waals surface area contributed by atoms with Crippen molar-refractivity contribution >= 4 is 134 Å². The summed E-state index contributed by atoms with van der Waals surface area (Å²) in [5.41, 5.74) is 6.48. The summed E-state index contributed by atoms with van der Waals surface area (Å²) in [6, 6.07) is 24.5. The third-order valence-electron chi connectivity index (χ3n) is 20.9. The number of rotatable bonds is 25. The highest BCUT2D eigenvalue weighted by Gasteiger charge is 2.34. The number of morpholine rings is 1. The Kier molecular flexibility index (Phi) is 29.3. The summed E-state index contributed by atoms with van der Waals surface area (Å²) in [6.07, 6.45) is 3.79. The molecule has 632 valence electrons. The molecule has 8 aromatic heterocycles. The molecule has 36 heteroatoms. The number of Topliss-reactive ketones (excluding diaryl/α,β-unsaturated/α-hetero) is 1. The molecule has 0 spiro atoms. The van der Waals surface area contributed by atoms with E-state index < -0.39 is 0 Å². The number of aromatic nitrogens is 12. The van der Waals surface area contributed by atoms with Crippen LogP contribution in [0.4, 0.5) is 41.4 Å². The van der Waals surface area contributed by atoms with E-state index in [9.17, 15) is 41.8 Å². The highest BCUT2D eigenvalue weighted by molar-refractivity contribution is 7.19. The summed E-state index contributed by atoms with van der Waals surface area (Å²) in [5.74, 6) is 0.348. The molecule has 4 saturated heterocycles. The van der Waals surface area contributed by atoms with Crippen LogP contribution in [-0.4, -0.2) is 214 Å². The highest BCUT2D eigenvalue weighted by Crippen LogP contribution is 2.35. The third kappa shape index (κ3) is 22.2. The fraction of sp³-hybridized carbons (Fsp3) is 0.429. The lowest BCUT2D eigenvalue weighted by molar-refractivity contribution is 0.0371. The number of hydrogen-bond acceptors (Lipinski definition) is 29. The van der Waals surface area contributed by atoms with Gasteiger partial charge in [-0.2, -0.15) is 19.9 Å². The van der Waals surface area contributed by atoms with Crippen LogP contribution in [0.25, 0.3) is 41.4 Å². The van der Waals surface area contributed by atoms with E-state index in [0.29, 0.717) is 148 Å². The van der Waals surface area contributed by atoms with Crippen molar-refractivity contribution in [3.63, 3.8) is 0 Å². The molecule has 3 amide bonds. The van der Waals surface area contributed by atoms with Crippen molar-refractivity contribution in [1.82, 2.24) is 79.4 Å². The fourth-order valence-electron chi connectivity index (χ4n) is 14.6. The average Bonchev–Trinajstić information content (AvgIpc) is 1.58. The van der Waals surface area contributed by atoms with E-state index in [1.165, 1.54) is 93.9 Å². The van der Waals surface area contributed by atoms with Gasteiger partial charge in [0.15, 0.2) is 45.5 Å². The molecule has 12 aromatic rings. The van der Waals surface area contributed by atoms with Crippen molar-refractivity contribution in [3.05, 3.63) is 185 Å². The summed E-state index contributed by atoms with van der Waals surface area (Å²) in [5, 5.41) is 25.4. The molecule has 7 atom stereocenters. The molecule has 0 unspecified atom stereocenters. The Morgan fingerprint density at radius 1 is 0.442 bits per heavy atom. The van der Waals surface area contributed by atoms with Gasteiger partial charge in [-0.1, -0.05) is 48.5 Å². The molecule has 12 heterocycles. The number of nitrogens with zero attached hydrogens (tertiary/aromatic N) is 16. The number of fused-ring (bicyclic) bond motifs is 4. The summed E-state index contributed by atoms with van der Waals surface area (Å²) >= 11 is 5.66. The second-order valence-corrected chi connectivity index (χ2v) is 34.9. The summed E-state index contributed by atoms with van der Waals surface area (Å²) in [7, 11) is 3.35. The maximum Gasteiger partial charge on any atom is 0.274 e. The monoisotopic (exact) mass is 1720 g/mol. The number of thiazole rings is 4. The minimum Gasteiger partial charge on any atom is -0.396 e. The summed E-state index contributed by atoms with van der Waals surface area (Å²) in [6.45, 7) is 24.4. The molecular weight excluding hydrogens is 1620 g/mol. The average molecular weight is 1720 g/mol. The van der Waals surface area contributed by atoms with E-state index in [0.717, 1.165) is 106 Å². The molecule has 0 radical (unpaired) electrons. The molecule has 120 heavy (non-hydrogen) atoms. The molecule has 16 rings (SSSR count). The van der Waals surface area contributed by atoms with E-state index in [1.807, 2.05) is 89.5 Å². The van der Waals surface area contributed by atoms with Crippen LogP contribution in [0.1, 0.15) is 168 Å². The normalized spacial score (nSPS) is 17.1. The molecule has 0 bridgehead atoms. The second kappa shape index (κ2) is 40.3. The van der Waals surface area contributed by atoms with Crippen LogP contribution in [-0.2, 0) is 14.2 Å². The van der Waals surface area contributed by atoms with Crippen LogP contribution in [0.2, 0.25) is 0 Å². The number of likely N-dealkylation sites (tertiary alicyclic amines) is 3. The maximum absolute atomic E-state index is 13.6. The predicted octanol–water partition coefficient (Wildman–Crippen LogP) is 14.8. The van der Waals surface area contributed by atoms with E-state index in [-0.39, 0.29) is 89.4 Å². The zero-order valence-corrected chi connectivity index (χ0v) is 71.6. The van der Waals surface area contributed by atoms with Gasteiger partial charge < -0.3 is 55.3 Å². The predicted molar refractivity (Wildman–Crippen MR) is 457 cm³/mol. The number of aliphatic hydroxyl groups is 1. The minimum atomic E-state index is -0.314. The first kappa shape index (κ1) is 87.4. The number of ether oxygens (including phenoxy) is 3. The first-order valence-electron chi connectivity index (χ1n) is 39.8. The van der Waals surface area contributed by atoms with Gasteiger partial charge in [-0.05, 0) is 158 Å². The number of carbonyl (C=O) groups is 4. The number of benzene rings is 4. The van der Waals surface area contributed by atoms with Gasteiger partial charge in [-0.15, -0.1) is 45.3 Å². The molecule has 4 aromatic carbocycles. The number of aliphatic hydroxyl groups excluding tert-OH is 1. The number of carbonyl (C=O) groups excluding carboxylic acids is 4. The van der Waals surface area contributed by atoms with Crippen molar-refractivity contribution in [2.75, 3.05) is 127 Å². The van der Waals surface area contributed by atoms with Crippen LogP contribution in [0, 0.1) is 68.7 Å². The topological polar surface area (TPSA) is 332 Å². The lowest BCUT2D eigenvalue weighted by Crippen LogP contribution is -2.36. The van der Waals surface area contributed by atoms with Crippen molar-refractivity contribution in [3.8, 4) is 0 Å². The van der Waals surface area contributed by atoms with E-state index in [4.69, 9.17) is 14.2 Å². The first-order chi connectivity index (χ1) is 57.8. The minimum absolute atomic E-state index is 0.00855.